The summed E-state index contributed by atoms with van der Waals surface area (Å²) in [5.74, 6) is 0.787. The van der Waals surface area contributed by atoms with Gasteiger partial charge in [-0.3, -0.25) is 0 Å². The van der Waals surface area contributed by atoms with Crippen LogP contribution in [0.2, 0.25) is 0 Å². The van der Waals surface area contributed by atoms with Crippen LogP contribution in [0.1, 0.15) is 24.0 Å². The number of rotatable bonds is 5. The zero-order valence-corrected chi connectivity index (χ0v) is 14.2. The molecule has 1 heterocycles. The van der Waals surface area contributed by atoms with Gasteiger partial charge < -0.3 is 0 Å². The SMILES string of the molecule is Cc1ccccc1CN(C)S(=O)(=O)N1CCCC(CCl)C1. The molecule has 1 aliphatic heterocycles. The number of benzene rings is 1. The molecule has 0 N–H and O–H groups in total. The number of aryl methyl sites for hydroxylation is 1. The van der Waals surface area contributed by atoms with Crippen LogP contribution >= 0.6 is 11.6 Å². The lowest BCUT2D eigenvalue weighted by Crippen LogP contribution is -2.46. The fourth-order valence-corrected chi connectivity index (χ4v) is 4.38. The molecule has 0 spiro atoms. The molecule has 4 nitrogen and oxygen atoms in total. The largest absolute Gasteiger partial charge is 0.282 e. The minimum absolute atomic E-state index is 0.266. The summed E-state index contributed by atoms with van der Waals surface area (Å²) in [6, 6.07) is 7.87. The normalized spacial score (nSPS) is 20.9. The second kappa shape index (κ2) is 7.09. The highest BCUT2D eigenvalue weighted by molar-refractivity contribution is 7.86. The van der Waals surface area contributed by atoms with Gasteiger partial charge in [-0.05, 0) is 36.8 Å². The molecular formula is C15H23ClN2O2S. The van der Waals surface area contributed by atoms with Crippen LogP contribution < -0.4 is 0 Å². The molecule has 6 heteroatoms. The highest BCUT2D eigenvalue weighted by atomic mass is 35.5. The molecule has 0 saturated carbocycles. The van der Waals surface area contributed by atoms with Crippen molar-refractivity contribution < 1.29 is 8.42 Å². The molecular weight excluding hydrogens is 308 g/mol. The molecule has 2 rings (SSSR count). The Bertz CT molecular complexity index is 577. The van der Waals surface area contributed by atoms with Crippen molar-refractivity contribution in [3.8, 4) is 0 Å². The van der Waals surface area contributed by atoms with E-state index >= 15 is 0 Å². The number of hydrogen-bond donors (Lipinski definition) is 0. The number of piperidine rings is 1. The third kappa shape index (κ3) is 3.97. The Balaban J connectivity index is 2.10. The van der Waals surface area contributed by atoms with E-state index in [9.17, 15) is 8.42 Å². The third-order valence-corrected chi connectivity index (χ3v) is 6.41. The van der Waals surface area contributed by atoms with Crippen LogP contribution in [0.15, 0.2) is 24.3 Å². The average Bonchev–Trinajstić information content (AvgIpc) is 2.49. The van der Waals surface area contributed by atoms with Crippen LogP contribution in [0.5, 0.6) is 0 Å². The first-order valence-electron chi connectivity index (χ1n) is 7.27. The van der Waals surface area contributed by atoms with E-state index in [2.05, 4.69) is 0 Å². The molecule has 1 saturated heterocycles. The van der Waals surface area contributed by atoms with Gasteiger partial charge in [0.15, 0.2) is 0 Å². The second-order valence-corrected chi connectivity index (χ2v) is 8.05. The molecule has 0 bridgehead atoms. The Morgan fingerprint density at radius 2 is 2.10 bits per heavy atom. The minimum atomic E-state index is -3.41. The topological polar surface area (TPSA) is 40.6 Å². The van der Waals surface area contributed by atoms with Crippen LogP contribution in [0.25, 0.3) is 0 Å². The summed E-state index contributed by atoms with van der Waals surface area (Å²) >= 11 is 5.89. The van der Waals surface area contributed by atoms with Gasteiger partial charge in [-0.1, -0.05) is 24.3 Å². The van der Waals surface area contributed by atoms with Crippen molar-refractivity contribution in [2.45, 2.75) is 26.3 Å². The molecule has 1 aromatic carbocycles. The minimum Gasteiger partial charge on any atom is -0.195 e. The van der Waals surface area contributed by atoms with Gasteiger partial charge in [-0.2, -0.15) is 17.0 Å². The summed E-state index contributed by atoms with van der Waals surface area (Å²) < 4.78 is 28.4. The Labute approximate surface area is 132 Å². The Morgan fingerprint density at radius 1 is 1.38 bits per heavy atom. The van der Waals surface area contributed by atoms with Crippen molar-refractivity contribution in [2.24, 2.45) is 5.92 Å². The molecule has 1 unspecified atom stereocenters. The van der Waals surface area contributed by atoms with E-state index in [1.807, 2.05) is 31.2 Å². The smallest absolute Gasteiger partial charge is 0.195 e. The van der Waals surface area contributed by atoms with E-state index in [0.29, 0.717) is 25.5 Å². The molecule has 1 fully saturated rings. The van der Waals surface area contributed by atoms with Gasteiger partial charge in [0.25, 0.3) is 10.2 Å². The number of alkyl halides is 1. The van der Waals surface area contributed by atoms with Crippen LogP contribution in [-0.4, -0.2) is 43.0 Å². The highest BCUT2D eigenvalue weighted by Crippen LogP contribution is 2.22. The van der Waals surface area contributed by atoms with Crippen molar-refractivity contribution >= 4 is 21.8 Å². The molecule has 1 atom stereocenters. The van der Waals surface area contributed by atoms with Crippen molar-refractivity contribution in [3.05, 3.63) is 35.4 Å². The first kappa shape index (κ1) is 16.7. The van der Waals surface area contributed by atoms with Gasteiger partial charge in [-0.25, -0.2) is 0 Å². The number of halogens is 1. The quantitative estimate of drug-likeness (QED) is 0.779. The standard InChI is InChI=1S/C15H23ClN2O2S/c1-13-6-3-4-8-15(13)12-17(2)21(19,20)18-9-5-7-14(10-16)11-18/h3-4,6,8,14H,5,7,9-12H2,1-2H3. The maximum Gasteiger partial charge on any atom is 0.282 e. The molecule has 0 amide bonds. The number of nitrogens with zero attached hydrogens (tertiary/aromatic N) is 2. The average molecular weight is 331 g/mol. The Hall–Kier alpha value is -0.620. The fourth-order valence-electron chi connectivity index (χ4n) is 2.67. The fraction of sp³-hybridized carbons (Fsp3) is 0.600. The molecule has 0 aromatic heterocycles. The Morgan fingerprint density at radius 3 is 2.76 bits per heavy atom. The van der Waals surface area contributed by atoms with E-state index in [1.165, 1.54) is 4.31 Å². The predicted octanol–water partition coefficient (Wildman–Crippen LogP) is 2.62. The molecule has 1 aromatic rings. The maximum atomic E-state index is 12.7. The third-order valence-electron chi connectivity index (χ3n) is 4.07. The lowest BCUT2D eigenvalue weighted by Gasteiger charge is -2.33. The van der Waals surface area contributed by atoms with E-state index < -0.39 is 10.2 Å². The number of hydrogen-bond acceptors (Lipinski definition) is 2. The summed E-state index contributed by atoms with van der Waals surface area (Å²) in [5, 5.41) is 0. The lowest BCUT2D eigenvalue weighted by atomic mass is 10.0. The van der Waals surface area contributed by atoms with Crippen molar-refractivity contribution in [2.75, 3.05) is 26.0 Å². The second-order valence-electron chi connectivity index (χ2n) is 5.71. The van der Waals surface area contributed by atoms with Gasteiger partial charge in [-0.15, -0.1) is 11.6 Å². The van der Waals surface area contributed by atoms with Crippen LogP contribution in [0.3, 0.4) is 0 Å². The lowest BCUT2D eigenvalue weighted by molar-refractivity contribution is 0.265. The highest BCUT2D eigenvalue weighted by Gasteiger charge is 2.31. The molecule has 1 aliphatic rings. The van der Waals surface area contributed by atoms with Gasteiger partial charge >= 0.3 is 0 Å². The summed E-state index contributed by atoms with van der Waals surface area (Å²) in [6.45, 7) is 3.52. The van der Waals surface area contributed by atoms with E-state index in [4.69, 9.17) is 11.6 Å². The molecule has 118 valence electrons. The molecule has 0 radical (unpaired) electrons. The monoisotopic (exact) mass is 330 g/mol. The van der Waals surface area contributed by atoms with E-state index in [1.54, 1.807) is 11.4 Å². The first-order chi connectivity index (χ1) is 9.95. The van der Waals surface area contributed by atoms with Crippen LogP contribution in [-0.2, 0) is 16.8 Å². The van der Waals surface area contributed by atoms with Crippen LogP contribution in [0, 0.1) is 12.8 Å². The van der Waals surface area contributed by atoms with Crippen molar-refractivity contribution in [1.29, 1.82) is 0 Å². The van der Waals surface area contributed by atoms with Gasteiger partial charge in [0.2, 0.25) is 0 Å². The van der Waals surface area contributed by atoms with E-state index in [-0.39, 0.29) is 5.92 Å². The van der Waals surface area contributed by atoms with Crippen molar-refractivity contribution in [1.82, 2.24) is 8.61 Å². The summed E-state index contributed by atoms with van der Waals surface area (Å²) in [4.78, 5) is 0. The van der Waals surface area contributed by atoms with Gasteiger partial charge in [0.1, 0.15) is 0 Å². The van der Waals surface area contributed by atoms with Gasteiger partial charge in [0, 0.05) is 32.6 Å². The molecule has 21 heavy (non-hydrogen) atoms. The maximum absolute atomic E-state index is 12.7. The summed E-state index contributed by atoms with van der Waals surface area (Å²) in [6.07, 6.45) is 1.89. The summed E-state index contributed by atoms with van der Waals surface area (Å²) in [7, 11) is -1.77. The predicted molar refractivity (Wildman–Crippen MR) is 86.6 cm³/mol. The summed E-state index contributed by atoms with van der Waals surface area (Å²) in [5.41, 5.74) is 2.14. The van der Waals surface area contributed by atoms with Crippen LogP contribution in [0.4, 0.5) is 0 Å². The molecule has 0 aliphatic carbocycles. The van der Waals surface area contributed by atoms with Crippen molar-refractivity contribution in [3.63, 3.8) is 0 Å². The first-order valence-corrected chi connectivity index (χ1v) is 9.20. The zero-order valence-electron chi connectivity index (χ0n) is 12.6. The van der Waals surface area contributed by atoms with E-state index in [0.717, 1.165) is 24.0 Å². The van der Waals surface area contributed by atoms with Gasteiger partial charge in [0.05, 0.1) is 0 Å². The zero-order chi connectivity index (χ0) is 15.5. The Kier molecular flexibility index (Phi) is 5.66.